The summed E-state index contributed by atoms with van der Waals surface area (Å²) in [5.41, 5.74) is 3.73. The molecule has 0 aromatic heterocycles. The van der Waals surface area contributed by atoms with Gasteiger partial charge in [0.2, 0.25) is 0 Å². The molecule has 0 unspecified atom stereocenters. The molecule has 0 spiro atoms. The number of benzene rings is 1. The topological polar surface area (TPSA) is 27.7 Å². The predicted molar refractivity (Wildman–Crippen MR) is 73.5 cm³/mol. The van der Waals surface area contributed by atoms with Crippen molar-refractivity contribution < 1.29 is 14.2 Å². The summed E-state index contributed by atoms with van der Waals surface area (Å²) < 4.78 is 16.3. The Morgan fingerprint density at radius 2 is 1.39 bits per heavy atom. The third kappa shape index (κ3) is 5.07. The fraction of sp³-hybridized carbons (Fsp3) is 0.600. The highest BCUT2D eigenvalue weighted by Crippen LogP contribution is 2.22. The molecule has 18 heavy (non-hydrogen) atoms. The van der Waals surface area contributed by atoms with Crippen LogP contribution in [0.1, 0.15) is 23.6 Å². The van der Waals surface area contributed by atoms with Crippen molar-refractivity contribution in [2.75, 3.05) is 33.0 Å². The fourth-order valence-corrected chi connectivity index (χ4v) is 1.66. The Kier molecular flexibility index (Phi) is 6.76. The van der Waals surface area contributed by atoms with Crippen molar-refractivity contribution >= 4 is 0 Å². The summed E-state index contributed by atoms with van der Waals surface area (Å²) in [6.45, 7) is 11.4. The SMILES string of the molecule is CCOCCOCCOc1cc(C)c(C)cc1C. The van der Waals surface area contributed by atoms with E-state index in [1.54, 1.807) is 0 Å². The summed E-state index contributed by atoms with van der Waals surface area (Å²) in [6, 6.07) is 4.24. The monoisotopic (exact) mass is 252 g/mol. The lowest BCUT2D eigenvalue weighted by atomic mass is 10.1. The van der Waals surface area contributed by atoms with Crippen molar-refractivity contribution in [1.82, 2.24) is 0 Å². The Bertz CT molecular complexity index is 361. The van der Waals surface area contributed by atoms with Crippen LogP contribution in [0.15, 0.2) is 12.1 Å². The Balaban J connectivity index is 2.25. The summed E-state index contributed by atoms with van der Waals surface area (Å²) in [4.78, 5) is 0. The summed E-state index contributed by atoms with van der Waals surface area (Å²) in [5, 5.41) is 0. The van der Waals surface area contributed by atoms with Crippen LogP contribution in [0.3, 0.4) is 0 Å². The molecule has 1 aromatic carbocycles. The van der Waals surface area contributed by atoms with E-state index in [-0.39, 0.29) is 0 Å². The first-order valence-electron chi connectivity index (χ1n) is 6.51. The van der Waals surface area contributed by atoms with E-state index in [2.05, 4.69) is 32.9 Å². The molecule has 3 nitrogen and oxygen atoms in total. The van der Waals surface area contributed by atoms with E-state index in [0.717, 1.165) is 12.4 Å². The van der Waals surface area contributed by atoms with Crippen LogP contribution in [-0.4, -0.2) is 33.0 Å². The van der Waals surface area contributed by atoms with E-state index >= 15 is 0 Å². The third-order valence-electron chi connectivity index (χ3n) is 2.85. The van der Waals surface area contributed by atoms with Crippen LogP contribution in [0.4, 0.5) is 0 Å². The van der Waals surface area contributed by atoms with Gasteiger partial charge in [-0.25, -0.2) is 0 Å². The molecule has 0 saturated heterocycles. The van der Waals surface area contributed by atoms with Crippen LogP contribution in [0, 0.1) is 20.8 Å². The molecule has 0 N–H and O–H groups in total. The van der Waals surface area contributed by atoms with Gasteiger partial charge in [0.1, 0.15) is 12.4 Å². The summed E-state index contributed by atoms with van der Waals surface area (Å²) >= 11 is 0. The van der Waals surface area contributed by atoms with Gasteiger partial charge in [0.05, 0.1) is 19.8 Å². The fourth-order valence-electron chi connectivity index (χ4n) is 1.66. The molecular formula is C15H24O3. The molecule has 0 atom stereocenters. The van der Waals surface area contributed by atoms with Crippen molar-refractivity contribution in [1.29, 1.82) is 0 Å². The molecule has 0 aliphatic carbocycles. The molecule has 102 valence electrons. The second-order valence-corrected chi connectivity index (χ2v) is 4.36. The summed E-state index contributed by atoms with van der Waals surface area (Å²) in [5.74, 6) is 0.950. The normalized spacial score (nSPS) is 10.7. The maximum absolute atomic E-state index is 5.71. The first kappa shape index (κ1) is 15.0. The molecule has 0 bridgehead atoms. The minimum absolute atomic E-state index is 0.579. The van der Waals surface area contributed by atoms with Gasteiger partial charge in [0.15, 0.2) is 0 Å². The Hall–Kier alpha value is -1.06. The van der Waals surface area contributed by atoms with E-state index in [4.69, 9.17) is 14.2 Å². The van der Waals surface area contributed by atoms with Crippen LogP contribution in [-0.2, 0) is 9.47 Å². The van der Waals surface area contributed by atoms with Gasteiger partial charge < -0.3 is 14.2 Å². The van der Waals surface area contributed by atoms with Crippen molar-refractivity contribution in [2.24, 2.45) is 0 Å². The lowest BCUT2D eigenvalue weighted by Crippen LogP contribution is -2.11. The van der Waals surface area contributed by atoms with Gasteiger partial charge in [0.25, 0.3) is 0 Å². The second-order valence-electron chi connectivity index (χ2n) is 4.36. The largest absolute Gasteiger partial charge is 0.491 e. The minimum Gasteiger partial charge on any atom is -0.491 e. The highest BCUT2D eigenvalue weighted by Gasteiger charge is 2.02. The molecule has 0 heterocycles. The molecule has 1 aromatic rings. The maximum atomic E-state index is 5.71. The highest BCUT2D eigenvalue weighted by molar-refractivity contribution is 5.40. The molecule has 0 fully saturated rings. The van der Waals surface area contributed by atoms with Crippen LogP contribution in [0.5, 0.6) is 5.75 Å². The van der Waals surface area contributed by atoms with Gasteiger partial charge in [-0.05, 0) is 50.5 Å². The van der Waals surface area contributed by atoms with Crippen LogP contribution in [0.2, 0.25) is 0 Å². The van der Waals surface area contributed by atoms with Gasteiger partial charge in [-0.3, -0.25) is 0 Å². The molecule has 0 radical (unpaired) electrons. The zero-order valence-electron chi connectivity index (χ0n) is 11.9. The van der Waals surface area contributed by atoms with Crippen LogP contribution < -0.4 is 4.74 Å². The Morgan fingerprint density at radius 1 is 0.778 bits per heavy atom. The first-order valence-corrected chi connectivity index (χ1v) is 6.51. The van der Waals surface area contributed by atoms with Gasteiger partial charge in [-0.2, -0.15) is 0 Å². The molecule has 0 aliphatic rings. The van der Waals surface area contributed by atoms with Crippen molar-refractivity contribution in [3.8, 4) is 5.75 Å². The van der Waals surface area contributed by atoms with Crippen molar-refractivity contribution in [3.63, 3.8) is 0 Å². The van der Waals surface area contributed by atoms with E-state index in [0.29, 0.717) is 26.4 Å². The zero-order valence-corrected chi connectivity index (χ0v) is 11.9. The van der Waals surface area contributed by atoms with Gasteiger partial charge in [-0.15, -0.1) is 0 Å². The second kappa shape index (κ2) is 8.11. The maximum Gasteiger partial charge on any atom is 0.122 e. The zero-order chi connectivity index (χ0) is 13.4. The number of ether oxygens (including phenoxy) is 3. The number of aryl methyl sites for hydroxylation is 3. The highest BCUT2D eigenvalue weighted by atomic mass is 16.5. The van der Waals surface area contributed by atoms with Crippen LogP contribution >= 0.6 is 0 Å². The predicted octanol–water partition coefficient (Wildman–Crippen LogP) is 3.04. The van der Waals surface area contributed by atoms with E-state index < -0.39 is 0 Å². The minimum atomic E-state index is 0.579. The standard InChI is InChI=1S/C15H24O3/c1-5-16-6-7-17-8-9-18-15-11-13(3)12(2)10-14(15)4/h10-11H,5-9H2,1-4H3. The summed E-state index contributed by atoms with van der Waals surface area (Å²) in [6.07, 6.45) is 0. The van der Waals surface area contributed by atoms with Gasteiger partial charge in [0, 0.05) is 6.61 Å². The molecule has 1 rings (SSSR count). The van der Waals surface area contributed by atoms with Gasteiger partial charge >= 0.3 is 0 Å². The average Bonchev–Trinajstić information content (AvgIpc) is 2.34. The van der Waals surface area contributed by atoms with Crippen LogP contribution in [0.25, 0.3) is 0 Å². The van der Waals surface area contributed by atoms with Crippen molar-refractivity contribution in [2.45, 2.75) is 27.7 Å². The molecular weight excluding hydrogens is 228 g/mol. The van der Waals surface area contributed by atoms with E-state index in [1.165, 1.54) is 16.7 Å². The van der Waals surface area contributed by atoms with E-state index in [9.17, 15) is 0 Å². The quantitative estimate of drug-likeness (QED) is 0.666. The lowest BCUT2D eigenvalue weighted by Gasteiger charge is -2.12. The number of rotatable bonds is 8. The Morgan fingerprint density at radius 3 is 2.11 bits per heavy atom. The molecule has 0 amide bonds. The smallest absolute Gasteiger partial charge is 0.122 e. The first-order chi connectivity index (χ1) is 8.65. The third-order valence-corrected chi connectivity index (χ3v) is 2.85. The summed E-state index contributed by atoms with van der Waals surface area (Å²) in [7, 11) is 0. The molecule has 3 heteroatoms. The number of hydrogen-bond donors (Lipinski definition) is 0. The average molecular weight is 252 g/mol. The Labute approximate surface area is 110 Å². The lowest BCUT2D eigenvalue weighted by molar-refractivity contribution is 0.0404. The number of hydrogen-bond acceptors (Lipinski definition) is 3. The van der Waals surface area contributed by atoms with E-state index in [1.807, 2.05) is 6.92 Å². The molecule has 0 aliphatic heterocycles. The van der Waals surface area contributed by atoms with Gasteiger partial charge in [-0.1, -0.05) is 6.07 Å². The molecule has 0 saturated carbocycles. The van der Waals surface area contributed by atoms with Crippen molar-refractivity contribution in [3.05, 3.63) is 28.8 Å².